The number of epoxide rings is 1. The molecule has 1 saturated heterocycles. The summed E-state index contributed by atoms with van der Waals surface area (Å²) in [5.74, 6) is 3.93. The molecule has 1 aliphatic heterocycles. The van der Waals surface area contributed by atoms with Crippen LogP contribution in [0.3, 0.4) is 0 Å². The second kappa shape index (κ2) is 3.37. The van der Waals surface area contributed by atoms with Crippen LogP contribution in [-0.2, 0) is 9.53 Å². The molecule has 4 aliphatic carbocycles. The fourth-order valence-electron chi connectivity index (χ4n) is 4.21. The second-order valence-corrected chi connectivity index (χ2v) is 6.55. The van der Waals surface area contributed by atoms with Gasteiger partial charge in [-0.05, 0) is 22.7 Å². The number of terminal acetylenes is 1. The van der Waals surface area contributed by atoms with Crippen LogP contribution in [0.15, 0.2) is 22.7 Å². The zero-order valence-corrected chi connectivity index (χ0v) is 11.4. The van der Waals surface area contributed by atoms with Crippen molar-refractivity contribution in [3.8, 4) is 12.3 Å². The van der Waals surface area contributed by atoms with Crippen LogP contribution < -0.4 is 0 Å². The van der Waals surface area contributed by atoms with Gasteiger partial charge in [0.2, 0.25) is 0 Å². The number of hydrogen-bond acceptors (Lipinski definition) is 2. The van der Waals surface area contributed by atoms with Crippen molar-refractivity contribution >= 4 is 21.7 Å². The third-order valence-corrected chi connectivity index (χ3v) is 5.71. The molecule has 0 unspecified atom stereocenters. The SMILES string of the molecule is C#CC[C@H]1O[C@@]12C(=O)[C@H]1C=C(Br)[C@@H]2[C@@H]2CC=C[C@@H]21. The van der Waals surface area contributed by atoms with Gasteiger partial charge in [0.25, 0.3) is 0 Å². The second-order valence-electron chi connectivity index (χ2n) is 5.63. The van der Waals surface area contributed by atoms with Gasteiger partial charge in [0.15, 0.2) is 11.4 Å². The summed E-state index contributed by atoms with van der Waals surface area (Å²) in [7, 11) is 0. The molecule has 2 nitrogen and oxygen atoms in total. The van der Waals surface area contributed by atoms with Crippen LogP contribution in [0.25, 0.3) is 0 Å². The van der Waals surface area contributed by atoms with Gasteiger partial charge in [-0.15, -0.1) is 12.3 Å². The Balaban J connectivity index is 1.79. The molecule has 0 aromatic heterocycles. The first-order valence-corrected chi connectivity index (χ1v) is 7.19. The van der Waals surface area contributed by atoms with E-state index in [0.29, 0.717) is 18.3 Å². The molecule has 2 bridgehead atoms. The van der Waals surface area contributed by atoms with E-state index >= 15 is 0 Å². The molecule has 1 heterocycles. The Kier molecular flexibility index (Phi) is 2.06. The largest absolute Gasteiger partial charge is 0.356 e. The van der Waals surface area contributed by atoms with Gasteiger partial charge in [-0.3, -0.25) is 4.79 Å². The number of carbonyl (C=O) groups is 1. The number of Topliss-reactive ketones (excluding diaryl/α,β-unsaturated/α-hetero) is 1. The van der Waals surface area contributed by atoms with Crippen molar-refractivity contribution in [3.05, 3.63) is 22.7 Å². The average molecular weight is 305 g/mol. The zero-order valence-electron chi connectivity index (χ0n) is 9.80. The molecule has 0 aromatic rings. The summed E-state index contributed by atoms with van der Waals surface area (Å²) in [6.07, 6.45) is 13.4. The van der Waals surface area contributed by atoms with E-state index in [2.05, 4.69) is 40.1 Å². The van der Waals surface area contributed by atoms with Gasteiger partial charge in [-0.25, -0.2) is 0 Å². The average Bonchev–Trinajstić information content (AvgIpc) is 2.82. The Morgan fingerprint density at radius 3 is 3.22 bits per heavy atom. The Labute approximate surface area is 115 Å². The topological polar surface area (TPSA) is 29.6 Å². The first-order chi connectivity index (χ1) is 8.70. The zero-order chi connectivity index (χ0) is 12.5. The third kappa shape index (κ3) is 1.07. The molecule has 0 amide bonds. The lowest BCUT2D eigenvalue weighted by atomic mass is 9.57. The van der Waals surface area contributed by atoms with Crippen molar-refractivity contribution in [2.45, 2.75) is 24.5 Å². The van der Waals surface area contributed by atoms with Gasteiger partial charge < -0.3 is 4.74 Å². The fraction of sp³-hybridized carbons (Fsp3) is 0.533. The highest BCUT2D eigenvalue weighted by Crippen LogP contribution is 2.64. The number of ketones is 1. The maximum absolute atomic E-state index is 12.7. The van der Waals surface area contributed by atoms with E-state index in [-0.39, 0.29) is 23.7 Å². The predicted molar refractivity (Wildman–Crippen MR) is 70.8 cm³/mol. The van der Waals surface area contributed by atoms with E-state index in [0.717, 1.165) is 10.9 Å². The van der Waals surface area contributed by atoms with Crippen molar-refractivity contribution in [2.24, 2.45) is 23.7 Å². The Hall–Kier alpha value is -0.850. The molecule has 1 spiro atoms. The lowest BCUT2D eigenvalue weighted by Gasteiger charge is -2.46. The summed E-state index contributed by atoms with van der Waals surface area (Å²) in [6.45, 7) is 0. The summed E-state index contributed by atoms with van der Waals surface area (Å²) in [4.78, 5) is 12.7. The summed E-state index contributed by atoms with van der Waals surface area (Å²) in [6, 6.07) is 0. The van der Waals surface area contributed by atoms with Crippen LogP contribution in [0.2, 0.25) is 0 Å². The van der Waals surface area contributed by atoms with E-state index in [1.54, 1.807) is 0 Å². The molecule has 1 saturated carbocycles. The Bertz CT molecular complexity index is 541. The lowest BCUT2D eigenvalue weighted by molar-refractivity contribution is -0.135. The highest BCUT2D eigenvalue weighted by Gasteiger charge is 2.74. The minimum absolute atomic E-state index is 0.0177. The quantitative estimate of drug-likeness (QED) is 0.423. The molecule has 0 N–H and O–H groups in total. The highest BCUT2D eigenvalue weighted by atomic mass is 79.9. The number of halogens is 1. The Morgan fingerprint density at radius 2 is 2.44 bits per heavy atom. The van der Waals surface area contributed by atoms with Gasteiger partial charge in [0.05, 0.1) is 0 Å². The van der Waals surface area contributed by atoms with Crippen LogP contribution in [-0.4, -0.2) is 17.5 Å². The minimum atomic E-state index is -0.599. The molecule has 92 valence electrons. The van der Waals surface area contributed by atoms with Gasteiger partial charge in [0, 0.05) is 18.3 Å². The van der Waals surface area contributed by atoms with Crippen LogP contribution in [0.1, 0.15) is 12.8 Å². The number of allylic oxidation sites excluding steroid dienone is 3. The predicted octanol–water partition coefficient (Wildman–Crippen LogP) is 2.45. The van der Waals surface area contributed by atoms with E-state index in [4.69, 9.17) is 11.2 Å². The van der Waals surface area contributed by atoms with Crippen LogP contribution >= 0.6 is 15.9 Å². The van der Waals surface area contributed by atoms with Crippen molar-refractivity contribution in [1.82, 2.24) is 0 Å². The van der Waals surface area contributed by atoms with Crippen LogP contribution in [0.5, 0.6) is 0 Å². The molecule has 5 rings (SSSR count). The first kappa shape index (κ1) is 11.0. The van der Waals surface area contributed by atoms with E-state index < -0.39 is 5.60 Å². The molecular weight excluding hydrogens is 292 g/mol. The molecular formula is C15H13BrO2. The summed E-state index contributed by atoms with van der Waals surface area (Å²) in [5.41, 5.74) is -0.599. The van der Waals surface area contributed by atoms with Gasteiger partial charge in [-0.1, -0.05) is 34.2 Å². The maximum atomic E-state index is 12.7. The van der Waals surface area contributed by atoms with Crippen molar-refractivity contribution < 1.29 is 9.53 Å². The monoisotopic (exact) mass is 304 g/mol. The van der Waals surface area contributed by atoms with Gasteiger partial charge in [-0.2, -0.15) is 0 Å². The van der Waals surface area contributed by atoms with Crippen LogP contribution in [0, 0.1) is 36.0 Å². The summed E-state index contributed by atoms with van der Waals surface area (Å²) in [5, 5.41) is 0. The molecule has 2 fully saturated rings. The number of rotatable bonds is 1. The van der Waals surface area contributed by atoms with E-state index in [1.165, 1.54) is 0 Å². The maximum Gasteiger partial charge on any atom is 0.175 e. The normalized spacial score (nSPS) is 51.2. The van der Waals surface area contributed by atoms with E-state index in [9.17, 15) is 4.79 Å². The van der Waals surface area contributed by atoms with Gasteiger partial charge in [0.1, 0.15) is 6.10 Å². The van der Waals surface area contributed by atoms with Crippen molar-refractivity contribution in [3.63, 3.8) is 0 Å². The number of ether oxygens (including phenoxy) is 1. The lowest BCUT2D eigenvalue weighted by Crippen LogP contribution is -2.55. The minimum Gasteiger partial charge on any atom is -0.356 e. The fourth-order valence-corrected chi connectivity index (χ4v) is 5.17. The molecule has 6 atom stereocenters. The molecule has 18 heavy (non-hydrogen) atoms. The Morgan fingerprint density at radius 1 is 1.61 bits per heavy atom. The standard InChI is InChI=1S/C15H13BrO2/c1-2-4-12-15(18-12)13-9-6-3-5-8(9)10(14(15)17)7-11(13)16/h1,3,5,7-10,12-13H,4,6H2/t8-,9+,10-,12+,13-,15-/m0/s1. The summed E-state index contributed by atoms with van der Waals surface area (Å²) >= 11 is 3.65. The van der Waals surface area contributed by atoms with Crippen molar-refractivity contribution in [2.75, 3.05) is 0 Å². The molecule has 0 radical (unpaired) electrons. The van der Waals surface area contributed by atoms with E-state index in [1.807, 2.05) is 0 Å². The molecule has 0 aromatic carbocycles. The summed E-state index contributed by atoms with van der Waals surface area (Å²) < 4.78 is 6.97. The smallest absolute Gasteiger partial charge is 0.175 e. The molecule has 5 aliphatic rings. The van der Waals surface area contributed by atoms with Crippen molar-refractivity contribution in [1.29, 1.82) is 0 Å². The number of carbonyl (C=O) groups excluding carboxylic acids is 1. The molecule has 3 heteroatoms. The van der Waals surface area contributed by atoms with Gasteiger partial charge >= 0.3 is 0 Å². The third-order valence-electron chi connectivity index (χ3n) is 4.95. The van der Waals surface area contributed by atoms with Crippen LogP contribution in [0.4, 0.5) is 0 Å². The number of hydrogen-bond donors (Lipinski definition) is 0. The highest BCUT2D eigenvalue weighted by molar-refractivity contribution is 9.11. The first-order valence-electron chi connectivity index (χ1n) is 6.39.